The summed E-state index contributed by atoms with van der Waals surface area (Å²) in [7, 11) is 0. The maximum Gasteiger partial charge on any atom is 0.318 e. The van der Waals surface area contributed by atoms with E-state index in [1.54, 1.807) is 36.4 Å². The number of hydrogen-bond donors (Lipinski definition) is 0. The highest BCUT2D eigenvalue weighted by Crippen LogP contribution is 2.57. The summed E-state index contributed by atoms with van der Waals surface area (Å²) in [6, 6.07) is 20.5. The number of nitrogens with zero attached hydrogens (tertiary/aromatic N) is 2. The average Bonchev–Trinajstić information content (AvgIpc) is 3.81. The summed E-state index contributed by atoms with van der Waals surface area (Å²) in [5, 5.41) is 0. The van der Waals surface area contributed by atoms with Gasteiger partial charge in [0.25, 0.3) is 0 Å². The van der Waals surface area contributed by atoms with E-state index in [4.69, 9.17) is 9.47 Å². The van der Waals surface area contributed by atoms with Crippen molar-refractivity contribution in [3.63, 3.8) is 0 Å². The van der Waals surface area contributed by atoms with Crippen LogP contribution in [0.1, 0.15) is 73.6 Å². The van der Waals surface area contributed by atoms with Gasteiger partial charge in [-0.3, -0.25) is 38.4 Å². The van der Waals surface area contributed by atoms with Gasteiger partial charge in [0.2, 0.25) is 23.6 Å². The van der Waals surface area contributed by atoms with Crippen molar-refractivity contribution in [1.82, 2.24) is 0 Å². The third kappa shape index (κ3) is 4.20. The first-order valence-corrected chi connectivity index (χ1v) is 17.4. The van der Waals surface area contributed by atoms with E-state index >= 15 is 0 Å². The number of imide groups is 2. The second kappa shape index (κ2) is 10.9. The van der Waals surface area contributed by atoms with Crippen molar-refractivity contribution in [3.05, 3.63) is 95.1 Å². The number of ether oxygens (including phenoxy) is 2. The Kier molecular flexibility index (Phi) is 6.72. The van der Waals surface area contributed by atoms with E-state index < -0.39 is 93.8 Å². The molecule has 4 saturated heterocycles. The highest BCUT2D eigenvalue weighted by atomic mass is 16.6. The van der Waals surface area contributed by atoms with Crippen LogP contribution in [-0.2, 0) is 58.7 Å². The number of amides is 4. The average molecular weight is 701 g/mol. The molecule has 8 atom stereocenters. The molecule has 3 aromatic carbocycles. The van der Waals surface area contributed by atoms with Crippen LogP contribution < -0.4 is 9.80 Å². The van der Waals surface area contributed by atoms with Crippen molar-refractivity contribution in [3.8, 4) is 0 Å². The lowest BCUT2D eigenvalue weighted by Gasteiger charge is -2.42. The van der Waals surface area contributed by atoms with E-state index in [2.05, 4.69) is 0 Å². The molecule has 52 heavy (non-hydrogen) atoms. The molecular weight excluding hydrogens is 668 g/mol. The molecule has 12 heteroatoms. The Bertz CT molecular complexity index is 2060. The minimum absolute atomic E-state index is 0.109. The van der Waals surface area contributed by atoms with Crippen LogP contribution in [0.15, 0.2) is 72.8 Å². The predicted octanol–water partition coefficient (Wildman–Crippen LogP) is 3.74. The fourth-order valence-electron chi connectivity index (χ4n) is 10.1. The van der Waals surface area contributed by atoms with Crippen LogP contribution in [0, 0.1) is 23.7 Å². The van der Waals surface area contributed by atoms with Gasteiger partial charge in [0.1, 0.15) is 0 Å². The monoisotopic (exact) mass is 700 g/mol. The Balaban J connectivity index is 1.02. The van der Waals surface area contributed by atoms with Crippen LogP contribution in [0.4, 0.5) is 11.4 Å². The molecule has 4 amide bonds. The highest BCUT2D eigenvalue weighted by molar-refractivity contribution is 6.26. The number of rotatable bonds is 4. The molecule has 4 fully saturated rings. The SMILES string of the molecule is CC1(C2CC(=O)OC2=O)CC2C(=O)N(c3ccc(N4C(=O)C5CC(C)(C6CC(=O)OC6=O)c6ccccc6C5C4=O)cc3)C(=O)C2c2ccccc21. The largest absolute Gasteiger partial charge is 0.393 e. The van der Waals surface area contributed by atoms with Crippen molar-refractivity contribution in [2.45, 2.75) is 62.2 Å². The minimum atomic E-state index is -0.924. The standard InChI is InChI=1S/C40H32N2O10/c1-39(27-15-29(43)51-37(27)49)17-23-31(21-7-3-5-9-25(21)39)35(47)41(33(23)45)19-11-13-20(14-12-19)42-34(46)24-18-40(2,28-16-30(44)52-38(28)50)26-10-6-4-8-22(26)32(24)36(42)48/h3-14,23-24,27-28,31-32H,15-18H2,1-2H3. The molecule has 6 aliphatic rings. The number of carbonyl (C=O) groups excluding carboxylic acids is 8. The number of hydrogen-bond acceptors (Lipinski definition) is 10. The van der Waals surface area contributed by atoms with E-state index in [1.165, 1.54) is 24.3 Å². The maximum atomic E-state index is 14.1. The Labute approximate surface area is 297 Å². The van der Waals surface area contributed by atoms with Gasteiger partial charge < -0.3 is 9.47 Å². The van der Waals surface area contributed by atoms with Gasteiger partial charge in [-0.05, 0) is 59.4 Å². The second-order valence-corrected chi connectivity index (χ2v) is 15.2. The molecule has 2 aliphatic carbocycles. The molecule has 9 rings (SSSR count). The molecule has 4 aliphatic heterocycles. The first-order valence-electron chi connectivity index (χ1n) is 17.4. The highest BCUT2D eigenvalue weighted by Gasteiger charge is 2.61. The van der Waals surface area contributed by atoms with Crippen molar-refractivity contribution >= 4 is 58.9 Å². The second-order valence-electron chi connectivity index (χ2n) is 15.2. The van der Waals surface area contributed by atoms with Crippen molar-refractivity contribution in [2.75, 3.05) is 9.80 Å². The number of esters is 4. The smallest absolute Gasteiger partial charge is 0.318 e. The van der Waals surface area contributed by atoms with Gasteiger partial charge in [-0.2, -0.15) is 0 Å². The van der Waals surface area contributed by atoms with Crippen molar-refractivity contribution in [2.24, 2.45) is 23.7 Å². The summed E-state index contributed by atoms with van der Waals surface area (Å²) in [5.74, 6) is -9.02. The summed E-state index contributed by atoms with van der Waals surface area (Å²) in [6.07, 6.45) is 0.102. The van der Waals surface area contributed by atoms with Crippen LogP contribution in [0.5, 0.6) is 0 Å². The predicted molar refractivity (Wildman–Crippen MR) is 179 cm³/mol. The minimum Gasteiger partial charge on any atom is -0.393 e. The third-order valence-electron chi connectivity index (χ3n) is 12.6. The lowest BCUT2D eigenvalue weighted by molar-refractivity contribution is -0.155. The van der Waals surface area contributed by atoms with E-state index in [-0.39, 0.29) is 37.1 Å². The molecule has 0 saturated carbocycles. The van der Waals surface area contributed by atoms with Crippen LogP contribution in [0.2, 0.25) is 0 Å². The van der Waals surface area contributed by atoms with Gasteiger partial charge in [0, 0.05) is 10.8 Å². The molecule has 0 radical (unpaired) electrons. The number of anilines is 2. The van der Waals surface area contributed by atoms with E-state index in [0.29, 0.717) is 11.1 Å². The summed E-state index contributed by atoms with van der Waals surface area (Å²) in [4.78, 5) is 108. The molecule has 0 spiro atoms. The molecule has 0 N–H and O–H groups in total. The van der Waals surface area contributed by atoms with Gasteiger partial charge in [0.05, 0.1) is 59.7 Å². The Hall–Kier alpha value is -5.78. The molecule has 4 heterocycles. The van der Waals surface area contributed by atoms with Gasteiger partial charge in [-0.15, -0.1) is 0 Å². The zero-order valence-corrected chi connectivity index (χ0v) is 28.2. The van der Waals surface area contributed by atoms with Gasteiger partial charge in [-0.1, -0.05) is 62.4 Å². The van der Waals surface area contributed by atoms with Crippen LogP contribution >= 0.6 is 0 Å². The molecule has 12 nitrogen and oxygen atoms in total. The molecule has 0 bridgehead atoms. The zero-order valence-electron chi connectivity index (χ0n) is 28.2. The van der Waals surface area contributed by atoms with Gasteiger partial charge >= 0.3 is 23.9 Å². The van der Waals surface area contributed by atoms with Crippen LogP contribution in [0.3, 0.4) is 0 Å². The summed E-state index contributed by atoms with van der Waals surface area (Å²) >= 11 is 0. The number of cyclic esters (lactones) is 4. The lowest BCUT2D eigenvalue weighted by Crippen LogP contribution is -2.43. The maximum absolute atomic E-state index is 14.1. The fraction of sp³-hybridized carbons (Fsp3) is 0.350. The molecule has 3 aromatic rings. The fourth-order valence-corrected chi connectivity index (χ4v) is 10.1. The number of fused-ring (bicyclic) bond motifs is 6. The van der Waals surface area contributed by atoms with E-state index in [0.717, 1.165) is 20.9 Å². The third-order valence-corrected chi connectivity index (χ3v) is 12.6. The molecule has 262 valence electrons. The first-order chi connectivity index (χ1) is 24.8. The van der Waals surface area contributed by atoms with E-state index in [9.17, 15) is 38.4 Å². The molecular formula is C40H32N2O10. The van der Waals surface area contributed by atoms with Crippen molar-refractivity contribution in [1.29, 1.82) is 0 Å². The number of benzene rings is 3. The summed E-state index contributed by atoms with van der Waals surface area (Å²) in [6.45, 7) is 3.67. The van der Waals surface area contributed by atoms with E-state index in [1.807, 2.05) is 26.0 Å². The Morgan fingerprint density at radius 3 is 1.23 bits per heavy atom. The van der Waals surface area contributed by atoms with Crippen molar-refractivity contribution < 1.29 is 47.8 Å². The Morgan fingerprint density at radius 1 is 0.519 bits per heavy atom. The van der Waals surface area contributed by atoms with Crippen LogP contribution in [-0.4, -0.2) is 47.5 Å². The first kappa shape index (κ1) is 32.1. The summed E-state index contributed by atoms with van der Waals surface area (Å²) < 4.78 is 9.78. The Morgan fingerprint density at radius 2 is 0.885 bits per heavy atom. The lowest BCUT2D eigenvalue weighted by atomic mass is 9.58. The van der Waals surface area contributed by atoms with Gasteiger partial charge in [0.15, 0.2) is 0 Å². The van der Waals surface area contributed by atoms with Crippen LogP contribution in [0.25, 0.3) is 0 Å². The normalized spacial score (nSPS) is 33.6. The molecule has 0 aromatic heterocycles. The zero-order chi connectivity index (χ0) is 36.4. The number of carbonyl (C=O) groups is 8. The topological polar surface area (TPSA) is 162 Å². The summed E-state index contributed by atoms with van der Waals surface area (Å²) in [5.41, 5.74) is 1.40. The quantitative estimate of drug-likeness (QED) is 0.223. The van der Waals surface area contributed by atoms with Gasteiger partial charge in [-0.25, -0.2) is 9.80 Å². The molecule has 8 unspecified atom stereocenters.